The van der Waals surface area contributed by atoms with Crippen molar-refractivity contribution in [2.45, 2.75) is 32.2 Å². The number of ether oxygens (including phenoxy) is 1. The topological polar surface area (TPSA) is 29.5 Å². The van der Waals surface area contributed by atoms with E-state index >= 15 is 0 Å². The molecule has 3 heteroatoms. The predicted octanol–water partition coefficient (Wildman–Crippen LogP) is 2.75. The van der Waals surface area contributed by atoms with E-state index in [1.165, 1.54) is 25.8 Å². The second kappa shape index (κ2) is 6.55. The standard InChI is InChI=1S/C15H21NO2/c1-13-6-4-5-9-16(13)10-11-18-15-8-3-2-7-14(15)12-17/h2-3,7-8,12-13H,4-6,9-11H2,1H3/t13-/m1/s1. The first kappa shape index (κ1) is 13.1. The van der Waals surface area contributed by atoms with Gasteiger partial charge in [0.25, 0.3) is 0 Å². The minimum atomic E-state index is 0.629. The molecule has 1 atom stereocenters. The van der Waals surface area contributed by atoms with E-state index in [0.717, 1.165) is 12.8 Å². The van der Waals surface area contributed by atoms with E-state index in [9.17, 15) is 4.79 Å². The Hall–Kier alpha value is -1.35. The Bertz CT molecular complexity index is 392. The smallest absolute Gasteiger partial charge is 0.153 e. The lowest BCUT2D eigenvalue weighted by atomic mass is 10.0. The van der Waals surface area contributed by atoms with Gasteiger partial charge in [-0.1, -0.05) is 18.6 Å². The van der Waals surface area contributed by atoms with Crippen molar-refractivity contribution in [3.8, 4) is 5.75 Å². The van der Waals surface area contributed by atoms with Gasteiger partial charge in [0, 0.05) is 12.6 Å². The van der Waals surface area contributed by atoms with Crippen LogP contribution in [0.15, 0.2) is 24.3 Å². The molecule has 0 N–H and O–H groups in total. The fourth-order valence-electron chi connectivity index (χ4n) is 2.47. The van der Waals surface area contributed by atoms with Gasteiger partial charge in [0.15, 0.2) is 6.29 Å². The number of nitrogens with zero attached hydrogens (tertiary/aromatic N) is 1. The molecule has 2 rings (SSSR count). The minimum Gasteiger partial charge on any atom is -0.492 e. The first-order valence-corrected chi connectivity index (χ1v) is 6.72. The highest BCUT2D eigenvalue weighted by Crippen LogP contribution is 2.18. The Morgan fingerprint density at radius 2 is 2.22 bits per heavy atom. The second-order valence-electron chi connectivity index (χ2n) is 4.88. The molecule has 0 spiro atoms. The molecular weight excluding hydrogens is 226 g/mol. The average Bonchev–Trinajstić information content (AvgIpc) is 2.41. The number of aldehydes is 1. The summed E-state index contributed by atoms with van der Waals surface area (Å²) in [6, 6.07) is 8.04. The normalized spacial score (nSPS) is 20.6. The third-order valence-corrected chi connectivity index (χ3v) is 3.62. The largest absolute Gasteiger partial charge is 0.492 e. The Labute approximate surface area is 109 Å². The van der Waals surface area contributed by atoms with Crippen LogP contribution in [0.25, 0.3) is 0 Å². The van der Waals surface area contributed by atoms with Crippen molar-refractivity contribution in [1.82, 2.24) is 4.90 Å². The number of para-hydroxylation sites is 1. The predicted molar refractivity (Wildman–Crippen MR) is 72.2 cm³/mol. The van der Waals surface area contributed by atoms with Gasteiger partial charge in [-0.2, -0.15) is 0 Å². The maximum absolute atomic E-state index is 10.9. The summed E-state index contributed by atoms with van der Waals surface area (Å²) in [5.74, 6) is 0.692. The van der Waals surface area contributed by atoms with Gasteiger partial charge in [-0.05, 0) is 38.4 Å². The summed E-state index contributed by atoms with van der Waals surface area (Å²) >= 11 is 0. The van der Waals surface area contributed by atoms with Crippen LogP contribution in [-0.2, 0) is 0 Å². The summed E-state index contributed by atoms with van der Waals surface area (Å²) in [6.45, 7) is 5.03. The summed E-state index contributed by atoms with van der Waals surface area (Å²) in [5, 5.41) is 0. The fourth-order valence-corrected chi connectivity index (χ4v) is 2.47. The number of hydrogen-bond acceptors (Lipinski definition) is 3. The van der Waals surface area contributed by atoms with Crippen LogP contribution in [-0.4, -0.2) is 36.9 Å². The van der Waals surface area contributed by atoms with Crippen molar-refractivity contribution in [3.63, 3.8) is 0 Å². The number of carbonyl (C=O) groups excluding carboxylic acids is 1. The van der Waals surface area contributed by atoms with Crippen molar-refractivity contribution >= 4 is 6.29 Å². The fraction of sp³-hybridized carbons (Fsp3) is 0.533. The Morgan fingerprint density at radius 1 is 1.39 bits per heavy atom. The van der Waals surface area contributed by atoms with Crippen LogP contribution in [0.3, 0.4) is 0 Å². The van der Waals surface area contributed by atoms with E-state index in [-0.39, 0.29) is 0 Å². The molecule has 0 saturated carbocycles. The molecule has 18 heavy (non-hydrogen) atoms. The molecule has 1 fully saturated rings. The molecule has 0 aliphatic carbocycles. The minimum absolute atomic E-state index is 0.629. The molecule has 1 saturated heterocycles. The molecule has 3 nitrogen and oxygen atoms in total. The van der Waals surface area contributed by atoms with Gasteiger partial charge in [0.05, 0.1) is 5.56 Å². The number of benzene rings is 1. The number of rotatable bonds is 5. The molecule has 0 bridgehead atoms. The maximum atomic E-state index is 10.9. The average molecular weight is 247 g/mol. The molecule has 1 aromatic rings. The summed E-state index contributed by atoms with van der Waals surface area (Å²) in [4.78, 5) is 13.3. The summed E-state index contributed by atoms with van der Waals surface area (Å²) < 4.78 is 5.71. The quantitative estimate of drug-likeness (QED) is 0.749. The van der Waals surface area contributed by atoms with Crippen LogP contribution in [0.1, 0.15) is 36.5 Å². The third kappa shape index (κ3) is 3.33. The van der Waals surface area contributed by atoms with E-state index in [0.29, 0.717) is 24.0 Å². The van der Waals surface area contributed by atoms with Gasteiger partial charge in [0.2, 0.25) is 0 Å². The summed E-state index contributed by atoms with van der Waals surface area (Å²) in [7, 11) is 0. The van der Waals surface area contributed by atoms with E-state index in [1.54, 1.807) is 6.07 Å². The van der Waals surface area contributed by atoms with Crippen molar-refractivity contribution in [3.05, 3.63) is 29.8 Å². The number of likely N-dealkylation sites (tertiary alicyclic amines) is 1. The maximum Gasteiger partial charge on any atom is 0.153 e. The zero-order valence-electron chi connectivity index (χ0n) is 11.0. The SMILES string of the molecule is C[C@@H]1CCCCN1CCOc1ccccc1C=O. The second-order valence-corrected chi connectivity index (χ2v) is 4.88. The van der Waals surface area contributed by atoms with Crippen LogP contribution < -0.4 is 4.74 Å². The van der Waals surface area contributed by atoms with Crippen LogP contribution in [0.5, 0.6) is 5.75 Å². The highest BCUT2D eigenvalue weighted by Gasteiger charge is 2.17. The van der Waals surface area contributed by atoms with Gasteiger partial charge in [-0.25, -0.2) is 0 Å². The van der Waals surface area contributed by atoms with E-state index in [1.807, 2.05) is 18.2 Å². The van der Waals surface area contributed by atoms with Crippen molar-refractivity contribution in [1.29, 1.82) is 0 Å². The van der Waals surface area contributed by atoms with Crippen LogP contribution >= 0.6 is 0 Å². The molecule has 1 aliphatic heterocycles. The molecule has 0 amide bonds. The Kier molecular flexibility index (Phi) is 4.76. The lowest BCUT2D eigenvalue weighted by molar-refractivity contribution is 0.111. The highest BCUT2D eigenvalue weighted by molar-refractivity contribution is 5.79. The van der Waals surface area contributed by atoms with Crippen molar-refractivity contribution < 1.29 is 9.53 Å². The zero-order chi connectivity index (χ0) is 12.8. The lowest BCUT2D eigenvalue weighted by Crippen LogP contribution is -2.39. The summed E-state index contributed by atoms with van der Waals surface area (Å²) in [6.07, 6.45) is 4.76. The van der Waals surface area contributed by atoms with Gasteiger partial charge < -0.3 is 4.74 Å². The van der Waals surface area contributed by atoms with Crippen LogP contribution in [0.2, 0.25) is 0 Å². The molecule has 0 unspecified atom stereocenters. The third-order valence-electron chi connectivity index (χ3n) is 3.62. The van der Waals surface area contributed by atoms with Crippen LogP contribution in [0.4, 0.5) is 0 Å². The van der Waals surface area contributed by atoms with Gasteiger partial charge >= 0.3 is 0 Å². The number of piperidine rings is 1. The first-order valence-electron chi connectivity index (χ1n) is 6.72. The highest BCUT2D eigenvalue weighted by atomic mass is 16.5. The Balaban J connectivity index is 1.82. The van der Waals surface area contributed by atoms with E-state index < -0.39 is 0 Å². The number of carbonyl (C=O) groups is 1. The summed E-state index contributed by atoms with van der Waals surface area (Å²) in [5.41, 5.74) is 0.629. The van der Waals surface area contributed by atoms with Crippen LogP contribution in [0, 0.1) is 0 Å². The first-order chi connectivity index (χ1) is 8.81. The van der Waals surface area contributed by atoms with Crippen molar-refractivity contribution in [2.75, 3.05) is 19.7 Å². The van der Waals surface area contributed by atoms with Gasteiger partial charge in [-0.3, -0.25) is 9.69 Å². The molecule has 0 aromatic heterocycles. The van der Waals surface area contributed by atoms with Gasteiger partial charge in [0.1, 0.15) is 12.4 Å². The zero-order valence-corrected chi connectivity index (χ0v) is 11.0. The van der Waals surface area contributed by atoms with E-state index in [4.69, 9.17) is 4.74 Å². The molecule has 1 aromatic carbocycles. The molecule has 1 aliphatic rings. The van der Waals surface area contributed by atoms with E-state index in [2.05, 4.69) is 11.8 Å². The van der Waals surface area contributed by atoms with Crippen molar-refractivity contribution in [2.24, 2.45) is 0 Å². The molecular formula is C15H21NO2. The molecule has 98 valence electrons. The Morgan fingerprint density at radius 3 is 3.00 bits per heavy atom. The lowest BCUT2D eigenvalue weighted by Gasteiger charge is -2.33. The monoisotopic (exact) mass is 247 g/mol. The number of hydrogen-bond donors (Lipinski definition) is 0. The molecule has 0 radical (unpaired) electrons. The molecule has 1 heterocycles. The van der Waals surface area contributed by atoms with Gasteiger partial charge in [-0.15, -0.1) is 0 Å².